The lowest BCUT2D eigenvalue weighted by Gasteiger charge is -2.22. The highest BCUT2D eigenvalue weighted by molar-refractivity contribution is 7.98. The number of hydrogen-bond acceptors (Lipinski definition) is 5. The number of ether oxygens (including phenoxy) is 1. The van der Waals surface area contributed by atoms with E-state index < -0.39 is 11.6 Å². The predicted octanol–water partition coefficient (Wildman–Crippen LogP) is 4.04. The van der Waals surface area contributed by atoms with Crippen LogP contribution in [0.25, 0.3) is 11.1 Å². The van der Waals surface area contributed by atoms with Gasteiger partial charge in [-0.15, -0.1) is 0 Å². The molecule has 2 aromatic carbocycles. The Hall–Kier alpha value is -2.12. The summed E-state index contributed by atoms with van der Waals surface area (Å²) in [6.07, 6.45) is 0.0248. The van der Waals surface area contributed by atoms with Crippen LogP contribution in [0.3, 0.4) is 0 Å². The Balaban J connectivity index is 1.90. The van der Waals surface area contributed by atoms with Crippen molar-refractivity contribution in [3.8, 4) is 11.1 Å². The highest BCUT2D eigenvalue weighted by atomic mass is 32.2. The third-order valence-corrected chi connectivity index (χ3v) is 4.49. The van der Waals surface area contributed by atoms with Gasteiger partial charge in [0.25, 0.3) is 0 Å². The van der Waals surface area contributed by atoms with Gasteiger partial charge in [0.1, 0.15) is 11.6 Å². The van der Waals surface area contributed by atoms with Gasteiger partial charge >= 0.3 is 0 Å². The molecule has 1 atom stereocenters. The lowest BCUT2D eigenvalue weighted by molar-refractivity contribution is 0.121. The van der Waals surface area contributed by atoms with Crippen molar-refractivity contribution >= 4 is 23.6 Å². The van der Waals surface area contributed by atoms with Gasteiger partial charge in [-0.25, -0.2) is 8.78 Å². The van der Waals surface area contributed by atoms with Crippen molar-refractivity contribution in [3.05, 3.63) is 48.0 Å². The molecule has 2 N–H and O–H groups in total. The Bertz CT molecular complexity index is 782. The first-order valence-electron chi connectivity index (χ1n) is 7.45. The van der Waals surface area contributed by atoms with Crippen molar-refractivity contribution in [2.24, 2.45) is 4.40 Å². The largest absolute Gasteiger partial charge is 0.380 e. The van der Waals surface area contributed by atoms with Crippen LogP contribution in [-0.4, -0.2) is 25.7 Å². The van der Waals surface area contributed by atoms with Crippen molar-refractivity contribution < 1.29 is 13.5 Å². The second kappa shape index (κ2) is 7.19. The number of guanidine groups is 1. The Kier molecular flexibility index (Phi) is 5.01. The second-order valence-electron chi connectivity index (χ2n) is 5.39. The van der Waals surface area contributed by atoms with Crippen LogP contribution in [0.4, 0.5) is 14.5 Å². The molecular weight excluding hydrogens is 332 g/mol. The molecule has 1 aliphatic heterocycles. The van der Waals surface area contributed by atoms with Crippen LogP contribution in [0.2, 0.25) is 0 Å². The van der Waals surface area contributed by atoms with E-state index in [2.05, 4.69) is 15.0 Å². The summed E-state index contributed by atoms with van der Waals surface area (Å²) in [6.45, 7) is 2.51. The SMILES string of the molecule is COC(C)CNC1=NSc2cccc(-c3cc(F)ccc3F)c2N1. The van der Waals surface area contributed by atoms with E-state index in [1.54, 1.807) is 19.2 Å². The van der Waals surface area contributed by atoms with E-state index >= 15 is 0 Å². The summed E-state index contributed by atoms with van der Waals surface area (Å²) in [6, 6.07) is 8.87. The average molecular weight is 349 g/mol. The number of rotatable bonds is 4. The molecule has 0 aliphatic carbocycles. The zero-order valence-corrected chi connectivity index (χ0v) is 14.1. The summed E-state index contributed by atoms with van der Waals surface area (Å²) < 4.78 is 37.2. The Labute approximate surface area is 143 Å². The lowest BCUT2D eigenvalue weighted by Crippen LogP contribution is -2.37. The molecular formula is C17H17F2N3OS. The summed E-state index contributed by atoms with van der Waals surface area (Å²) in [4.78, 5) is 0.849. The fraction of sp³-hybridized carbons (Fsp3) is 0.235. The third kappa shape index (κ3) is 3.52. The fourth-order valence-electron chi connectivity index (χ4n) is 2.30. The Morgan fingerprint density at radius 3 is 2.88 bits per heavy atom. The van der Waals surface area contributed by atoms with Crippen molar-refractivity contribution in [1.82, 2.24) is 5.32 Å². The molecule has 1 heterocycles. The minimum atomic E-state index is -0.478. The summed E-state index contributed by atoms with van der Waals surface area (Å²) in [5.74, 6) is -0.393. The van der Waals surface area contributed by atoms with E-state index in [-0.39, 0.29) is 11.7 Å². The fourth-order valence-corrected chi connectivity index (χ4v) is 2.99. The number of hydrogen-bond donors (Lipinski definition) is 2. The molecule has 24 heavy (non-hydrogen) atoms. The molecule has 0 spiro atoms. The molecule has 0 fully saturated rings. The van der Waals surface area contributed by atoms with Crippen LogP contribution in [0, 0.1) is 11.6 Å². The highest BCUT2D eigenvalue weighted by Gasteiger charge is 2.19. The Morgan fingerprint density at radius 1 is 1.25 bits per heavy atom. The minimum Gasteiger partial charge on any atom is -0.380 e. The van der Waals surface area contributed by atoms with Gasteiger partial charge in [-0.3, -0.25) is 0 Å². The number of para-hydroxylation sites is 1. The first kappa shape index (κ1) is 16.7. The normalized spacial score (nSPS) is 14.4. The minimum absolute atomic E-state index is 0.0248. The molecule has 0 aromatic heterocycles. The molecule has 0 amide bonds. The maximum Gasteiger partial charge on any atom is 0.208 e. The summed E-state index contributed by atoms with van der Waals surface area (Å²) in [5, 5.41) is 6.31. The van der Waals surface area contributed by atoms with Crippen LogP contribution < -0.4 is 10.6 Å². The molecule has 3 rings (SSSR count). The monoisotopic (exact) mass is 349 g/mol. The molecule has 0 saturated heterocycles. The zero-order chi connectivity index (χ0) is 17.1. The van der Waals surface area contributed by atoms with Gasteiger partial charge in [0.2, 0.25) is 5.96 Å². The van der Waals surface area contributed by atoms with Gasteiger partial charge in [0.15, 0.2) is 0 Å². The van der Waals surface area contributed by atoms with E-state index in [1.807, 2.05) is 13.0 Å². The zero-order valence-electron chi connectivity index (χ0n) is 13.3. The summed E-state index contributed by atoms with van der Waals surface area (Å²) in [7, 11) is 1.64. The molecule has 126 valence electrons. The smallest absolute Gasteiger partial charge is 0.208 e. The highest BCUT2D eigenvalue weighted by Crippen LogP contribution is 2.40. The van der Waals surface area contributed by atoms with E-state index in [4.69, 9.17) is 4.74 Å². The number of fused-ring (bicyclic) bond motifs is 1. The van der Waals surface area contributed by atoms with Gasteiger partial charge in [-0.05, 0) is 31.2 Å². The number of nitrogens with zero attached hydrogens (tertiary/aromatic N) is 1. The lowest BCUT2D eigenvalue weighted by atomic mass is 10.0. The molecule has 0 bridgehead atoms. The van der Waals surface area contributed by atoms with Crippen LogP contribution in [-0.2, 0) is 4.74 Å². The van der Waals surface area contributed by atoms with Gasteiger partial charge in [0.05, 0.1) is 16.7 Å². The van der Waals surface area contributed by atoms with Crippen molar-refractivity contribution in [1.29, 1.82) is 0 Å². The van der Waals surface area contributed by atoms with Gasteiger partial charge in [-0.2, -0.15) is 4.40 Å². The number of anilines is 1. The second-order valence-corrected chi connectivity index (χ2v) is 6.19. The predicted molar refractivity (Wildman–Crippen MR) is 93.2 cm³/mol. The number of benzene rings is 2. The van der Waals surface area contributed by atoms with Gasteiger partial charge in [0, 0.05) is 36.7 Å². The first-order chi connectivity index (χ1) is 11.6. The molecule has 0 radical (unpaired) electrons. The molecule has 1 unspecified atom stereocenters. The van der Waals surface area contributed by atoms with Crippen LogP contribution in [0.5, 0.6) is 0 Å². The third-order valence-electron chi connectivity index (χ3n) is 3.68. The number of nitrogens with one attached hydrogen (secondary N) is 2. The molecule has 7 heteroatoms. The van der Waals surface area contributed by atoms with Crippen LogP contribution >= 0.6 is 11.9 Å². The van der Waals surface area contributed by atoms with E-state index in [1.165, 1.54) is 18.0 Å². The average Bonchev–Trinajstić information content (AvgIpc) is 2.61. The number of halogens is 2. The molecule has 0 saturated carbocycles. The molecule has 1 aliphatic rings. The summed E-state index contributed by atoms with van der Waals surface area (Å²) >= 11 is 1.28. The standard InChI is InChI=1S/C17H17F2N3OS/c1-10(23-2)9-20-17-21-16-12(4-3-5-15(16)24-22-17)13-8-11(18)6-7-14(13)19/h3-8,10H,9H2,1-2H3,(H2,20,21,22). The first-order valence-corrected chi connectivity index (χ1v) is 8.23. The molecule has 4 nitrogen and oxygen atoms in total. The van der Waals surface area contributed by atoms with Gasteiger partial charge < -0.3 is 15.4 Å². The van der Waals surface area contributed by atoms with Gasteiger partial charge in [-0.1, -0.05) is 12.1 Å². The number of methoxy groups -OCH3 is 1. The van der Waals surface area contributed by atoms with E-state index in [9.17, 15) is 8.78 Å². The maximum absolute atomic E-state index is 14.2. The van der Waals surface area contributed by atoms with Crippen molar-refractivity contribution in [2.45, 2.75) is 17.9 Å². The summed E-state index contributed by atoms with van der Waals surface area (Å²) in [5.41, 5.74) is 1.51. The van der Waals surface area contributed by atoms with Crippen LogP contribution in [0.1, 0.15) is 6.92 Å². The van der Waals surface area contributed by atoms with Crippen molar-refractivity contribution in [2.75, 3.05) is 19.0 Å². The van der Waals surface area contributed by atoms with E-state index in [0.717, 1.165) is 17.0 Å². The maximum atomic E-state index is 14.2. The van der Waals surface area contributed by atoms with Crippen LogP contribution in [0.15, 0.2) is 45.7 Å². The quantitative estimate of drug-likeness (QED) is 0.818. The topological polar surface area (TPSA) is 45.6 Å². The van der Waals surface area contributed by atoms with E-state index in [0.29, 0.717) is 23.8 Å². The van der Waals surface area contributed by atoms with Crippen molar-refractivity contribution in [3.63, 3.8) is 0 Å². The Morgan fingerprint density at radius 2 is 2.08 bits per heavy atom. The molecule has 2 aromatic rings.